The van der Waals surface area contributed by atoms with E-state index in [1.165, 1.54) is 43.3 Å². The molecule has 2 aliphatic heterocycles. The van der Waals surface area contributed by atoms with E-state index in [9.17, 15) is 4.79 Å². The quantitative estimate of drug-likeness (QED) is 0.735. The summed E-state index contributed by atoms with van der Waals surface area (Å²) in [5.74, 6) is -0.139. The predicted molar refractivity (Wildman–Crippen MR) is 65.4 cm³/mol. The summed E-state index contributed by atoms with van der Waals surface area (Å²) < 4.78 is 7.42. The molecule has 2 aliphatic rings. The van der Waals surface area contributed by atoms with Crippen molar-refractivity contribution in [3.8, 4) is 0 Å². The van der Waals surface area contributed by atoms with Crippen molar-refractivity contribution >= 4 is 5.97 Å². The van der Waals surface area contributed by atoms with Crippen LogP contribution in [-0.4, -0.2) is 17.6 Å². The number of esters is 1. The summed E-state index contributed by atoms with van der Waals surface area (Å²) in [6.45, 7) is 2.14. The minimum atomic E-state index is -0.139. The van der Waals surface area contributed by atoms with Crippen LogP contribution in [0.5, 0.6) is 0 Å². The molecule has 0 bridgehead atoms. The lowest BCUT2D eigenvalue weighted by molar-refractivity contribution is 0.0598. The summed E-state index contributed by atoms with van der Waals surface area (Å²) in [5.41, 5.74) is 4.79. The third kappa shape index (κ3) is 1.38. The molecule has 92 valence electrons. The second-order valence-corrected chi connectivity index (χ2v) is 5.05. The van der Waals surface area contributed by atoms with E-state index < -0.39 is 0 Å². The van der Waals surface area contributed by atoms with E-state index in [1.807, 2.05) is 0 Å². The van der Waals surface area contributed by atoms with Gasteiger partial charge >= 0.3 is 5.97 Å². The molecule has 3 heterocycles. The Labute approximate surface area is 102 Å². The highest BCUT2D eigenvalue weighted by atomic mass is 16.5. The van der Waals surface area contributed by atoms with Gasteiger partial charge in [-0.1, -0.05) is 6.92 Å². The van der Waals surface area contributed by atoms with Crippen molar-refractivity contribution in [1.82, 2.24) is 4.57 Å². The van der Waals surface area contributed by atoms with E-state index >= 15 is 0 Å². The third-order valence-electron chi connectivity index (χ3n) is 4.29. The number of methoxy groups -OCH3 is 1. The SMILES string of the molecule is CCc1c(C(=O)OC)c2n3c1CCC[C@@H]3CC2. The van der Waals surface area contributed by atoms with Gasteiger partial charge in [0.2, 0.25) is 0 Å². The average molecular weight is 233 g/mol. The zero-order valence-corrected chi connectivity index (χ0v) is 10.6. The van der Waals surface area contributed by atoms with Crippen LogP contribution in [0.1, 0.15) is 59.5 Å². The van der Waals surface area contributed by atoms with Crippen LogP contribution in [0, 0.1) is 0 Å². The minimum absolute atomic E-state index is 0.139. The van der Waals surface area contributed by atoms with Gasteiger partial charge in [0.15, 0.2) is 0 Å². The van der Waals surface area contributed by atoms with Crippen molar-refractivity contribution in [1.29, 1.82) is 0 Å². The molecule has 0 unspecified atom stereocenters. The molecule has 3 rings (SSSR count). The summed E-state index contributed by atoms with van der Waals surface area (Å²) >= 11 is 0. The molecular formula is C14H19NO2. The summed E-state index contributed by atoms with van der Waals surface area (Å²) in [6, 6.07) is 0.650. The van der Waals surface area contributed by atoms with Gasteiger partial charge in [-0.2, -0.15) is 0 Å². The van der Waals surface area contributed by atoms with Gasteiger partial charge in [0.05, 0.1) is 12.7 Å². The summed E-state index contributed by atoms with van der Waals surface area (Å²) in [7, 11) is 1.48. The van der Waals surface area contributed by atoms with Crippen molar-refractivity contribution in [3.63, 3.8) is 0 Å². The molecule has 0 fully saturated rings. The molecule has 1 atom stereocenters. The Bertz CT molecular complexity index is 469. The van der Waals surface area contributed by atoms with Gasteiger partial charge in [0, 0.05) is 17.4 Å². The molecule has 0 saturated heterocycles. The first-order valence-electron chi connectivity index (χ1n) is 6.61. The van der Waals surface area contributed by atoms with Crippen LogP contribution in [0.2, 0.25) is 0 Å². The van der Waals surface area contributed by atoms with Crippen LogP contribution in [0.4, 0.5) is 0 Å². The van der Waals surface area contributed by atoms with Crippen molar-refractivity contribution in [2.75, 3.05) is 7.11 Å². The highest BCUT2D eigenvalue weighted by molar-refractivity contribution is 5.93. The number of nitrogens with zero attached hydrogens (tertiary/aromatic N) is 1. The normalized spacial score (nSPS) is 21.4. The zero-order chi connectivity index (χ0) is 12.0. The maximum Gasteiger partial charge on any atom is 0.339 e. The Morgan fingerprint density at radius 2 is 2.18 bits per heavy atom. The van der Waals surface area contributed by atoms with Gasteiger partial charge in [-0.3, -0.25) is 0 Å². The van der Waals surface area contributed by atoms with E-state index in [0.29, 0.717) is 6.04 Å². The lowest BCUT2D eigenvalue weighted by Gasteiger charge is -2.23. The molecule has 0 aliphatic carbocycles. The number of carbonyl (C=O) groups excluding carboxylic acids is 1. The highest BCUT2D eigenvalue weighted by Crippen LogP contribution is 2.41. The Balaban J connectivity index is 2.22. The van der Waals surface area contributed by atoms with Gasteiger partial charge in [-0.25, -0.2) is 4.79 Å². The topological polar surface area (TPSA) is 31.2 Å². The lowest BCUT2D eigenvalue weighted by atomic mass is 9.95. The van der Waals surface area contributed by atoms with Gasteiger partial charge in [-0.15, -0.1) is 0 Å². The minimum Gasteiger partial charge on any atom is -0.465 e. The molecule has 1 aromatic heterocycles. The van der Waals surface area contributed by atoms with Crippen LogP contribution in [0.3, 0.4) is 0 Å². The molecule has 0 saturated carbocycles. The second kappa shape index (κ2) is 3.90. The number of ether oxygens (including phenoxy) is 1. The lowest BCUT2D eigenvalue weighted by Crippen LogP contribution is -2.14. The molecule has 0 amide bonds. The van der Waals surface area contributed by atoms with Crippen molar-refractivity contribution in [3.05, 3.63) is 22.5 Å². The molecule has 3 heteroatoms. The molecule has 0 radical (unpaired) electrons. The monoisotopic (exact) mass is 233 g/mol. The van der Waals surface area contributed by atoms with E-state index in [2.05, 4.69) is 11.5 Å². The van der Waals surface area contributed by atoms with Crippen molar-refractivity contribution in [2.45, 2.75) is 51.5 Å². The van der Waals surface area contributed by atoms with Gasteiger partial charge in [0.1, 0.15) is 0 Å². The third-order valence-corrected chi connectivity index (χ3v) is 4.29. The number of hydrogen-bond donors (Lipinski definition) is 0. The molecular weight excluding hydrogens is 214 g/mol. The smallest absolute Gasteiger partial charge is 0.339 e. The van der Waals surface area contributed by atoms with Gasteiger partial charge in [0.25, 0.3) is 0 Å². The van der Waals surface area contributed by atoms with Crippen LogP contribution in [-0.2, 0) is 24.0 Å². The fourth-order valence-corrected chi connectivity index (χ4v) is 3.64. The van der Waals surface area contributed by atoms with E-state index in [4.69, 9.17) is 4.74 Å². The Morgan fingerprint density at radius 3 is 2.88 bits per heavy atom. The summed E-state index contributed by atoms with van der Waals surface area (Å²) in [4.78, 5) is 12.0. The molecule has 0 N–H and O–H groups in total. The van der Waals surface area contributed by atoms with Crippen LogP contribution in [0.25, 0.3) is 0 Å². The zero-order valence-electron chi connectivity index (χ0n) is 10.6. The van der Waals surface area contributed by atoms with Gasteiger partial charge in [-0.05, 0) is 44.1 Å². The average Bonchev–Trinajstić information content (AvgIpc) is 2.92. The molecule has 1 aromatic rings. The van der Waals surface area contributed by atoms with Crippen LogP contribution >= 0.6 is 0 Å². The molecule has 0 aromatic carbocycles. The van der Waals surface area contributed by atoms with E-state index in [0.717, 1.165) is 24.8 Å². The number of rotatable bonds is 2. The Hall–Kier alpha value is -1.25. The second-order valence-electron chi connectivity index (χ2n) is 5.05. The summed E-state index contributed by atoms with van der Waals surface area (Å²) in [6.07, 6.45) is 6.86. The Morgan fingerprint density at radius 1 is 1.35 bits per heavy atom. The summed E-state index contributed by atoms with van der Waals surface area (Å²) in [5, 5.41) is 0. The maximum absolute atomic E-state index is 12.0. The number of carbonyl (C=O) groups is 1. The van der Waals surface area contributed by atoms with E-state index in [-0.39, 0.29) is 5.97 Å². The molecule has 0 spiro atoms. The molecule has 3 nitrogen and oxygen atoms in total. The first-order valence-corrected chi connectivity index (χ1v) is 6.61. The highest BCUT2D eigenvalue weighted by Gasteiger charge is 2.35. The van der Waals surface area contributed by atoms with Gasteiger partial charge < -0.3 is 9.30 Å². The largest absolute Gasteiger partial charge is 0.465 e. The van der Waals surface area contributed by atoms with Crippen LogP contribution in [0.15, 0.2) is 0 Å². The standard InChI is InChI=1S/C14H19NO2/c1-3-10-11-6-4-5-9-7-8-12(15(9)11)13(10)14(16)17-2/h9H,3-8H2,1-2H3/t9-/m1/s1. The first-order chi connectivity index (χ1) is 8.27. The molecule has 17 heavy (non-hydrogen) atoms. The van der Waals surface area contributed by atoms with E-state index in [1.54, 1.807) is 0 Å². The van der Waals surface area contributed by atoms with Crippen molar-refractivity contribution < 1.29 is 9.53 Å². The predicted octanol–water partition coefficient (Wildman–Crippen LogP) is 2.66. The fourth-order valence-electron chi connectivity index (χ4n) is 3.64. The maximum atomic E-state index is 12.0. The van der Waals surface area contributed by atoms with Crippen LogP contribution < -0.4 is 0 Å². The fraction of sp³-hybridized carbons (Fsp3) is 0.643. The number of hydrogen-bond acceptors (Lipinski definition) is 2. The number of aromatic nitrogens is 1. The Kier molecular flexibility index (Phi) is 2.49. The first kappa shape index (κ1) is 10.9. The van der Waals surface area contributed by atoms with Crippen molar-refractivity contribution in [2.24, 2.45) is 0 Å².